The smallest absolute Gasteiger partial charge is 0.368 e. The van der Waals surface area contributed by atoms with Crippen molar-refractivity contribution < 1.29 is 18.0 Å². The first-order valence-electron chi connectivity index (χ1n) is 8.68. The zero-order chi connectivity index (χ0) is 19.9. The maximum Gasteiger partial charge on any atom is 0.449 e. The van der Waals surface area contributed by atoms with Crippen LogP contribution in [0, 0.1) is 0 Å². The zero-order valence-electron chi connectivity index (χ0n) is 14.6. The second-order valence-corrected chi connectivity index (χ2v) is 7.01. The van der Waals surface area contributed by atoms with E-state index in [2.05, 4.69) is 14.9 Å². The first-order chi connectivity index (χ1) is 13.3. The fourth-order valence-corrected chi connectivity index (χ4v) is 3.48. The van der Waals surface area contributed by atoms with Crippen molar-refractivity contribution in [3.05, 3.63) is 58.9 Å². The molecule has 5 nitrogen and oxygen atoms in total. The summed E-state index contributed by atoms with van der Waals surface area (Å²) in [6, 6.07) is 11.9. The second-order valence-electron chi connectivity index (χ2n) is 6.57. The molecule has 0 radical (unpaired) electrons. The van der Waals surface area contributed by atoms with E-state index in [1.165, 1.54) is 18.2 Å². The van der Waals surface area contributed by atoms with Crippen LogP contribution in [0.15, 0.2) is 42.5 Å². The molecule has 1 aromatic heterocycles. The predicted octanol–water partition coefficient (Wildman–Crippen LogP) is 4.20. The molecule has 1 aliphatic rings. The van der Waals surface area contributed by atoms with Gasteiger partial charge in [-0.2, -0.15) is 13.2 Å². The van der Waals surface area contributed by atoms with E-state index in [-0.39, 0.29) is 16.9 Å². The van der Waals surface area contributed by atoms with Gasteiger partial charge in [-0.15, -0.1) is 0 Å². The largest absolute Gasteiger partial charge is 0.449 e. The quantitative estimate of drug-likeness (QED) is 0.691. The second kappa shape index (κ2) is 7.01. The van der Waals surface area contributed by atoms with Gasteiger partial charge in [0.05, 0.1) is 11.0 Å². The number of hydrogen-bond acceptors (Lipinski definition) is 3. The van der Waals surface area contributed by atoms with E-state index in [9.17, 15) is 18.0 Å². The average Bonchev–Trinajstić information content (AvgIpc) is 3.11. The Kier molecular flexibility index (Phi) is 4.66. The van der Waals surface area contributed by atoms with Crippen LogP contribution in [0.3, 0.4) is 0 Å². The lowest BCUT2D eigenvalue weighted by atomic mass is 10.1. The number of carbonyl (C=O) groups excluding carboxylic acids is 1. The van der Waals surface area contributed by atoms with E-state index in [4.69, 9.17) is 11.6 Å². The minimum Gasteiger partial charge on any atom is -0.368 e. The number of imidazole rings is 1. The summed E-state index contributed by atoms with van der Waals surface area (Å²) in [4.78, 5) is 22.4. The molecule has 146 valence electrons. The third-order valence-electron chi connectivity index (χ3n) is 4.74. The highest BCUT2D eigenvalue weighted by Gasteiger charge is 2.34. The molecule has 0 aliphatic carbocycles. The summed E-state index contributed by atoms with van der Waals surface area (Å²) in [5.74, 6) is -1.28. The van der Waals surface area contributed by atoms with Gasteiger partial charge < -0.3 is 14.8 Å². The molecule has 28 heavy (non-hydrogen) atoms. The van der Waals surface area contributed by atoms with E-state index in [1.54, 1.807) is 11.0 Å². The highest BCUT2D eigenvalue weighted by atomic mass is 35.5. The number of hydrogen-bond donors (Lipinski definition) is 1. The molecule has 0 saturated carbocycles. The number of anilines is 1. The number of fused-ring (bicyclic) bond motifs is 1. The summed E-state index contributed by atoms with van der Waals surface area (Å²) in [5, 5.41) is 0.655. The first kappa shape index (κ1) is 18.6. The van der Waals surface area contributed by atoms with Gasteiger partial charge in [0.1, 0.15) is 0 Å². The number of aromatic amines is 1. The molecule has 2 aromatic carbocycles. The Balaban J connectivity index is 1.48. The van der Waals surface area contributed by atoms with Crippen LogP contribution in [0.2, 0.25) is 5.02 Å². The van der Waals surface area contributed by atoms with Crippen LogP contribution in [0.1, 0.15) is 16.2 Å². The molecular formula is C19H16ClF3N4O. The number of alkyl halides is 3. The molecule has 2 heterocycles. The van der Waals surface area contributed by atoms with Crippen molar-refractivity contribution in [3.63, 3.8) is 0 Å². The lowest BCUT2D eigenvalue weighted by molar-refractivity contribution is -0.144. The van der Waals surface area contributed by atoms with Gasteiger partial charge in [-0.25, -0.2) is 4.98 Å². The molecule has 0 spiro atoms. The number of piperazine rings is 1. The SMILES string of the molecule is O=C(c1ccc2nc(C(F)(F)F)[nH]c2c1)N1CCN(c2cccc(Cl)c2)CC1. The topological polar surface area (TPSA) is 52.2 Å². The number of halogens is 4. The fraction of sp³-hybridized carbons (Fsp3) is 0.263. The maximum absolute atomic E-state index is 12.8. The van der Waals surface area contributed by atoms with Crippen molar-refractivity contribution in [2.75, 3.05) is 31.1 Å². The number of benzene rings is 2. The van der Waals surface area contributed by atoms with Crippen LogP contribution in [0.5, 0.6) is 0 Å². The number of aromatic nitrogens is 2. The summed E-state index contributed by atoms with van der Waals surface area (Å²) in [6.45, 7) is 2.33. The molecule has 9 heteroatoms. The zero-order valence-corrected chi connectivity index (χ0v) is 15.4. The van der Waals surface area contributed by atoms with Crippen molar-refractivity contribution in [2.45, 2.75) is 6.18 Å². The van der Waals surface area contributed by atoms with E-state index in [0.717, 1.165) is 5.69 Å². The van der Waals surface area contributed by atoms with Crippen LogP contribution in [0.25, 0.3) is 11.0 Å². The van der Waals surface area contributed by atoms with E-state index < -0.39 is 12.0 Å². The predicted molar refractivity (Wildman–Crippen MR) is 101 cm³/mol. The van der Waals surface area contributed by atoms with Crippen molar-refractivity contribution in [1.82, 2.24) is 14.9 Å². The summed E-state index contributed by atoms with van der Waals surface area (Å²) in [7, 11) is 0. The number of carbonyl (C=O) groups is 1. The Labute approximate surface area is 163 Å². The summed E-state index contributed by atoms with van der Waals surface area (Å²) in [5.41, 5.74) is 1.70. The lowest BCUT2D eigenvalue weighted by Crippen LogP contribution is -2.48. The van der Waals surface area contributed by atoms with Crippen molar-refractivity contribution in [2.24, 2.45) is 0 Å². The van der Waals surface area contributed by atoms with Gasteiger partial charge in [0, 0.05) is 42.5 Å². The Hall–Kier alpha value is -2.74. The normalized spacial score (nSPS) is 15.3. The molecule has 0 bridgehead atoms. The third kappa shape index (κ3) is 3.64. The minimum atomic E-state index is -4.56. The molecule has 1 aliphatic heterocycles. The Morgan fingerprint density at radius 2 is 1.82 bits per heavy atom. The monoisotopic (exact) mass is 408 g/mol. The highest BCUT2D eigenvalue weighted by molar-refractivity contribution is 6.30. The third-order valence-corrected chi connectivity index (χ3v) is 4.97. The molecule has 4 rings (SSSR count). The van der Waals surface area contributed by atoms with Gasteiger partial charge in [0.15, 0.2) is 0 Å². The molecule has 0 atom stereocenters. The van der Waals surface area contributed by atoms with Crippen LogP contribution in [-0.4, -0.2) is 47.0 Å². The highest BCUT2D eigenvalue weighted by Crippen LogP contribution is 2.29. The standard InChI is InChI=1S/C19H16ClF3N4O/c20-13-2-1-3-14(11-13)26-6-8-27(9-7-26)17(28)12-4-5-15-16(10-12)25-18(24-15)19(21,22)23/h1-5,10-11H,6-9H2,(H,24,25). The Bertz CT molecular complexity index is 1030. The van der Waals surface area contributed by atoms with Crippen molar-refractivity contribution in [3.8, 4) is 0 Å². The lowest BCUT2D eigenvalue weighted by Gasteiger charge is -2.36. The molecule has 1 amide bonds. The maximum atomic E-state index is 12.8. The summed E-state index contributed by atoms with van der Waals surface area (Å²) >= 11 is 6.03. The molecule has 3 aromatic rings. The van der Waals surface area contributed by atoms with E-state index >= 15 is 0 Å². The molecule has 1 N–H and O–H groups in total. The first-order valence-corrected chi connectivity index (χ1v) is 9.06. The molecule has 0 unspecified atom stereocenters. The van der Waals surface area contributed by atoms with Crippen LogP contribution >= 0.6 is 11.6 Å². The Morgan fingerprint density at radius 1 is 1.07 bits per heavy atom. The van der Waals surface area contributed by atoms with Crippen LogP contribution in [-0.2, 0) is 6.18 Å². The van der Waals surface area contributed by atoms with Gasteiger partial charge >= 0.3 is 6.18 Å². The van der Waals surface area contributed by atoms with E-state index in [0.29, 0.717) is 36.8 Å². The summed E-state index contributed by atoms with van der Waals surface area (Å²) < 4.78 is 38.4. The fourth-order valence-electron chi connectivity index (χ4n) is 3.30. The van der Waals surface area contributed by atoms with Gasteiger partial charge in [-0.05, 0) is 36.4 Å². The van der Waals surface area contributed by atoms with E-state index in [1.807, 2.05) is 18.2 Å². The van der Waals surface area contributed by atoms with Gasteiger partial charge in [-0.1, -0.05) is 17.7 Å². The molecule has 1 saturated heterocycles. The van der Waals surface area contributed by atoms with Gasteiger partial charge in [0.2, 0.25) is 5.82 Å². The molecular weight excluding hydrogens is 393 g/mol. The Morgan fingerprint density at radius 3 is 2.50 bits per heavy atom. The average molecular weight is 409 g/mol. The number of nitrogens with zero attached hydrogens (tertiary/aromatic N) is 3. The van der Waals surface area contributed by atoms with Crippen molar-refractivity contribution in [1.29, 1.82) is 0 Å². The number of H-pyrrole nitrogens is 1. The number of nitrogens with one attached hydrogen (secondary N) is 1. The molecule has 1 fully saturated rings. The van der Waals surface area contributed by atoms with Crippen LogP contribution in [0.4, 0.5) is 18.9 Å². The van der Waals surface area contributed by atoms with Gasteiger partial charge in [-0.3, -0.25) is 4.79 Å². The summed E-state index contributed by atoms with van der Waals surface area (Å²) in [6.07, 6.45) is -4.56. The van der Waals surface area contributed by atoms with Crippen LogP contribution < -0.4 is 4.90 Å². The van der Waals surface area contributed by atoms with Gasteiger partial charge in [0.25, 0.3) is 5.91 Å². The van der Waals surface area contributed by atoms with Crippen molar-refractivity contribution >= 4 is 34.2 Å². The number of amides is 1. The number of rotatable bonds is 2. The minimum absolute atomic E-state index is 0.176.